The van der Waals surface area contributed by atoms with Crippen molar-refractivity contribution in [3.8, 4) is 0 Å². The highest BCUT2D eigenvalue weighted by molar-refractivity contribution is 5.58. The molecule has 1 aromatic carbocycles. The number of para-hydroxylation sites is 1. The summed E-state index contributed by atoms with van der Waals surface area (Å²) in [7, 11) is 0. The normalized spacial score (nSPS) is 24.0. The van der Waals surface area contributed by atoms with E-state index in [-0.39, 0.29) is 0 Å². The molecule has 0 saturated heterocycles. The maximum Gasteiger partial charge on any atom is 0.0378 e. The van der Waals surface area contributed by atoms with E-state index in [1.165, 1.54) is 11.3 Å². The molecule has 0 aromatic heterocycles. The fraction of sp³-hybridized carbons (Fsp3) is 0.500. The molecule has 2 atom stereocenters. The predicted molar refractivity (Wildman–Crippen MR) is 59.3 cm³/mol. The summed E-state index contributed by atoms with van der Waals surface area (Å²) in [6.07, 6.45) is 0. The van der Waals surface area contributed by atoms with Crippen LogP contribution in [0.15, 0.2) is 24.3 Å². The summed E-state index contributed by atoms with van der Waals surface area (Å²) in [5, 5.41) is 3.45. The van der Waals surface area contributed by atoms with Crippen LogP contribution in [0.4, 0.5) is 5.69 Å². The molecule has 0 saturated carbocycles. The Morgan fingerprint density at radius 3 is 2.31 bits per heavy atom. The second-order valence-corrected chi connectivity index (χ2v) is 3.31. The zero-order chi connectivity index (χ0) is 9.84. The summed E-state index contributed by atoms with van der Waals surface area (Å²) in [5.41, 5.74) is 2.77. The Balaban J connectivity index is 0.000000396. The van der Waals surface area contributed by atoms with Gasteiger partial charge < -0.3 is 5.32 Å². The maximum atomic E-state index is 3.45. The van der Waals surface area contributed by atoms with Gasteiger partial charge in [-0.3, -0.25) is 0 Å². The Hall–Kier alpha value is -0.980. The van der Waals surface area contributed by atoms with E-state index >= 15 is 0 Å². The first-order valence-electron chi connectivity index (χ1n) is 5.14. The fourth-order valence-corrected chi connectivity index (χ4v) is 1.67. The third-order valence-electron chi connectivity index (χ3n) is 2.58. The third-order valence-corrected chi connectivity index (χ3v) is 2.58. The van der Waals surface area contributed by atoms with Gasteiger partial charge in [0.25, 0.3) is 0 Å². The van der Waals surface area contributed by atoms with E-state index in [0.717, 1.165) is 0 Å². The van der Waals surface area contributed by atoms with Gasteiger partial charge in [-0.1, -0.05) is 39.0 Å². The van der Waals surface area contributed by atoms with Crippen molar-refractivity contribution in [2.24, 2.45) is 0 Å². The second kappa shape index (κ2) is 4.31. The molecule has 0 fully saturated rings. The molecular weight excluding hydrogens is 158 g/mol. The van der Waals surface area contributed by atoms with Crippen LogP contribution in [0.5, 0.6) is 0 Å². The molecule has 1 N–H and O–H groups in total. The van der Waals surface area contributed by atoms with E-state index in [0.29, 0.717) is 12.0 Å². The van der Waals surface area contributed by atoms with Crippen LogP contribution in [0, 0.1) is 0 Å². The van der Waals surface area contributed by atoms with Crippen LogP contribution in [-0.2, 0) is 0 Å². The van der Waals surface area contributed by atoms with Crippen molar-refractivity contribution in [2.45, 2.75) is 39.7 Å². The van der Waals surface area contributed by atoms with Crippen molar-refractivity contribution in [1.82, 2.24) is 0 Å². The van der Waals surface area contributed by atoms with E-state index in [9.17, 15) is 0 Å². The van der Waals surface area contributed by atoms with Crippen LogP contribution < -0.4 is 5.32 Å². The molecule has 1 aliphatic heterocycles. The second-order valence-electron chi connectivity index (χ2n) is 3.31. The van der Waals surface area contributed by atoms with Gasteiger partial charge in [0, 0.05) is 17.6 Å². The lowest BCUT2D eigenvalue weighted by Gasteiger charge is -2.08. The zero-order valence-electron chi connectivity index (χ0n) is 8.96. The van der Waals surface area contributed by atoms with Crippen molar-refractivity contribution < 1.29 is 0 Å². The molecule has 1 aliphatic rings. The van der Waals surface area contributed by atoms with Gasteiger partial charge in [-0.15, -0.1) is 0 Å². The van der Waals surface area contributed by atoms with Crippen LogP contribution in [0.2, 0.25) is 0 Å². The number of benzene rings is 1. The van der Waals surface area contributed by atoms with Gasteiger partial charge in [0.15, 0.2) is 0 Å². The number of fused-ring (bicyclic) bond motifs is 1. The van der Waals surface area contributed by atoms with E-state index in [4.69, 9.17) is 0 Å². The summed E-state index contributed by atoms with van der Waals surface area (Å²) in [4.78, 5) is 0. The quantitative estimate of drug-likeness (QED) is 0.638. The Labute approximate surface area is 81.2 Å². The van der Waals surface area contributed by atoms with Crippen molar-refractivity contribution in [2.75, 3.05) is 5.32 Å². The van der Waals surface area contributed by atoms with Crippen molar-refractivity contribution in [3.05, 3.63) is 29.8 Å². The lowest BCUT2D eigenvalue weighted by molar-refractivity contribution is 0.690. The Morgan fingerprint density at radius 2 is 1.69 bits per heavy atom. The van der Waals surface area contributed by atoms with Crippen molar-refractivity contribution >= 4 is 5.69 Å². The number of hydrogen-bond donors (Lipinski definition) is 1. The van der Waals surface area contributed by atoms with Gasteiger partial charge in [-0.25, -0.2) is 0 Å². The van der Waals surface area contributed by atoms with Crippen molar-refractivity contribution in [3.63, 3.8) is 0 Å². The minimum Gasteiger partial charge on any atom is -0.382 e. The maximum absolute atomic E-state index is 3.45. The minimum absolute atomic E-state index is 0.590. The van der Waals surface area contributed by atoms with Gasteiger partial charge in [-0.05, 0) is 18.6 Å². The van der Waals surface area contributed by atoms with Crippen LogP contribution in [-0.4, -0.2) is 6.04 Å². The topological polar surface area (TPSA) is 12.0 Å². The largest absolute Gasteiger partial charge is 0.382 e. The molecule has 0 aliphatic carbocycles. The Bertz CT molecular complexity index is 268. The summed E-state index contributed by atoms with van der Waals surface area (Å²) in [5.74, 6) is 0.659. The number of nitrogens with one attached hydrogen (secondary N) is 1. The van der Waals surface area contributed by atoms with Gasteiger partial charge in [-0.2, -0.15) is 0 Å². The first-order valence-corrected chi connectivity index (χ1v) is 5.14. The highest BCUT2D eigenvalue weighted by Crippen LogP contribution is 2.34. The van der Waals surface area contributed by atoms with Gasteiger partial charge >= 0.3 is 0 Å². The van der Waals surface area contributed by atoms with Crippen LogP contribution in [0.25, 0.3) is 0 Å². The molecule has 1 heterocycles. The molecule has 1 nitrogen and oxygen atoms in total. The van der Waals surface area contributed by atoms with Crippen LogP contribution in [0.3, 0.4) is 0 Å². The first-order chi connectivity index (χ1) is 6.29. The number of hydrogen-bond acceptors (Lipinski definition) is 1. The zero-order valence-corrected chi connectivity index (χ0v) is 8.96. The average Bonchev–Trinajstić information content (AvgIpc) is 2.47. The predicted octanol–water partition coefficient (Wildman–Crippen LogP) is 3.63. The number of rotatable bonds is 0. The minimum atomic E-state index is 0.590. The molecule has 72 valence electrons. The summed E-state index contributed by atoms with van der Waals surface area (Å²) in [6.45, 7) is 8.49. The SMILES string of the molecule is CC.CC1Nc2ccccc2C1C. The molecule has 13 heavy (non-hydrogen) atoms. The highest BCUT2D eigenvalue weighted by atomic mass is 15.0. The van der Waals surface area contributed by atoms with Crippen molar-refractivity contribution in [1.29, 1.82) is 0 Å². The molecular formula is C12H19N. The smallest absolute Gasteiger partial charge is 0.0378 e. The molecule has 0 spiro atoms. The van der Waals surface area contributed by atoms with Crippen LogP contribution in [0.1, 0.15) is 39.2 Å². The Kier molecular flexibility index (Phi) is 3.35. The molecule has 0 amide bonds. The molecule has 0 radical (unpaired) electrons. The average molecular weight is 177 g/mol. The fourth-order valence-electron chi connectivity index (χ4n) is 1.67. The molecule has 2 rings (SSSR count). The lowest BCUT2D eigenvalue weighted by Crippen LogP contribution is -2.12. The van der Waals surface area contributed by atoms with E-state index in [1.807, 2.05) is 13.8 Å². The molecule has 2 unspecified atom stereocenters. The monoisotopic (exact) mass is 177 g/mol. The molecule has 1 aromatic rings. The lowest BCUT2D eigenvalue weighted by atomic mass is 9.99. The summed E-state index contributed by atoms with van der Waals surface area (Å²) < 4.78 is 0. The van der Waals surface area contributed by atoms with Crippen LogP contribution >= 0.6 is 0 Å². The molecule has 1 heteroatoms. The summed E-state index contributed by atoms with van der Waals surface area (Å²) in [6, 6.07) is 9.13. The number of anilines is 1. The summed E-state index contributed by atoms with van der Waals surface area (Å²) >= 11 is 0. The molecule has 0 bridgehead atoms. The third kappa shape index (κ3) is 1.85. The van der Waals surface area contributed by atoms with E-state index in [1.54, 1.807) is 0 Å². The van der Waals surface area contributed by atoms with Gasteiger partial charge in [0.2, 0.25) is 0 Å². The van der Waals surface area contributed by atoms with Gasteiger partial charge in [0.05, 0.1) is 0 Å². The highest BCUT2D eigenvalue weighted by Gasteiger charge is 2.23. The van der Waals surface area contributed by atoms with Gasteiger partial charge in [0.1, 0.15) is 0 Å². The van der Waals surface area contributed by atoms with E-state index < -0.39 is 0 Å². The standard InChI is InChI=1S/C10H13N.C2H6/c1-7-8(2)11-10-6-4-3-5-9(7)10;1-2/h3-8,11H,1-2H3;1-2H3. The first kappa shape index (κ1) is 10.1. The Morgan fingerprint density at radius 1 is 1.08 bits per heavy atom. The van der Waals surface area contributed by atoms with E-state index in [2.05, 4.69) is 43.4 Å².